The fraction of sp³-hybridized carbons (Fsp3) is 0.879. The molecule has 0 saturated carbocycles. The van der Waals surface area contributed by atoms with Crippen molar-refractivity contribution >= 4 is 17.9 Å². The Balaban J connectivity index is 4.21. The summed E-state index contributed by atoms with van der Waals surface area (Å²) in [6.07, 6.45) is 61.8. The molecule has 0 aliphatic rings. The van der Waals surface area contributed by atoms with E-state index in [1.54, 1.807) is 0 Å². The molecular formula is C58H108O6. The topological polar surface area (TPSA) is 78.9 Å². The molecular weight excluding hydrogens is 793 g/mol. The van der Waals surface area contributed by atoms with Crippen LogP contribution in [0.4, 0.5) is 0 Å². The minimum absolute atomic E-state index is 0.0678. The van der Waals surface area contributed by atoms with E-state index in [9.17, 15) is 14.4 Å². The Labute approximate surface area is 398 Å². The molecule has 0 rings (SSSR count). The monoisotopic (exact) mass is 901 g/mol. The van der Waals surface area contributed by atoms with E-state index in [0.717, 1.165) is 64.2 Å². The number of hydrogen-bond donors (Lipinski definition) is 0. The predicted molar refractivity (Wildman–Crippen MR) is 275 cm³/mol. The van der Waals surface area contributed by atoms with Crippen molar-refractivity contribution in [2.75, 3.05) is 13.2 Å². The first-order valence-electron chi connectivity index (χ1n) is 28.3. The van der Waals surface area contributed by atoms with Gasteiger partial charge in [0.2, 0.25) is 0 Å². The van der Waals surface area contributed by atoms with Crippen molar-refractivity contribution in [3.05, 3.63) is 24.3 Å². The van der Waals surface area contributed by atoms with Crippen LogP contribution in [0.15, 0.2) is 24.3 Å². The van der Waals surface area contributed by atoms with E-state index in [-0.39, 0.29) is 31.1 Å². The fourth-order valence-corrected chi connectivity index (χ4v) is 8.42. The van der Waals surface area contributed by atoms with E-state index >= 15 is 0 Å². The first-order chi connectivity index (χ1) is 31.5. The lowest BCUT2D eigenvalue weighted by molar-refractivity contribution is -0.167. The number of carbonyl (C=O) groups is 3. The minimum atomic E-state index is -0.766. The van der Waals surface area contributed by atoms with Crippen LogP contribution in [0.3, 0.4) is 0 Å². The third-order valence-electron chi connectivity index (χ3n) is 12.7. The van der Waals surface area contributed by atoms with Crippen LogP contribution in [0.2, 0.25) is 0 Å². The van der Waals surface area contributed by atoms with Crippen LogP contribution >= 0.6 is 0 Å². The van der Waals surface area contributed by atoms with Crippen LogP contribution < -0.4 is 0 Å². The average molecular weight is 901 g/mol. The number of rotatable bonds is 52. The highest BCUT2D eigenvalue weighted by atomic mass is 16.6. The molecule has 6 nitrogen and oxygen atoms in total. The minimum Gasteiger partial charge on any atom is -0.462 e. The number of ether oxygens (including phenoxy) is 3. The normalized spacial score (nSPS) is 12.1. The molecule has 0 saturated heterocycles. The van der Waals surface area contributed by atoms with Crippen LogP contribution in [0, 0.1) is 0 Å². The Kier molecular flexibility index (Phi) is 51.7. The maximum atomic E-state index is 12.8. The van der Waals surface area contributed by atoms with Gasteiger partial charge in [-0.1, -0.05) is 263 Å². The standard InChI is InChI=1S/C58H108O6/c1-4-7-10-13-16-19-21-23-25-27-29-31-33-35-37-39-42-45-48-51-57(60)63-54-55(53-62-56(59)50-47-44-41-18-15-12-9-6-3)64-58(61)52-49-46-43-40-38-36-34-32-30-28-26-24-22-20-17-14-11-8-5-2/h16,19,23,25,55H,4-15,17-18,20-22,24,26-54H2,1-3H3/b19-16-,25-23-. The van der Waals surface area contributed by atoms with Crippen molar-refractivity contribution in [3.63, 3.8) is 0 Å². The zero-order chi connectivity index (χ0) is 46.5. The van der Waals surface area contributed by atoms with E-state index in [2.05, 4.69) is 45.1 Å². The number of carbonyl (C=O) groups excluding carboxylic acids is 3. The molecule has 0 aliphatic heterocycles. The summed E-state index contributed by atoms with van der Waals surface area (Å²) in [7, 11) is 0. The maximum Gasteiger partial charge on any atom is 0.306 e. The highest BCUT2D eigenvalue weighted by Gasteiger charge is 2.19. The lowest BCUT2D eigenvalue weighted by atomic mass is 10.0. The van der Waals surface area contributed by atoms with Crippen molar-refractivity contribution in [2.24, 2.45) is 0 Å². The molecule has 0 aromatic carbocycles. The zero-order valence-corrected chi connectivity index (χ0v) is 43.1. The molecule has 0 N–H and O–H groups in total. The summed E-state index contributed by atoms with van der Waals surface area (Å²) in [6.45, 7) is 6.63. The Hall–Kier alpha value is -2.11. The molecule has 0 radical (unpaired) electrons. The first kappa shape index (κ1) is 61.9. The van der Waals surface area contributed by atoms with Crippen LogP contribution in [0.25, 0.3) is 0 Å². The van der Waals surface area contributed by atoms with Crippen LogP contribution in [0.1, 0.15) is 310 Å². The quantitative estimate of drug-likeness (QED) is 0.0262. The van der Waals surface area contributed by atoms with Gasteiger partial charge in [0.1, 0.15) is 13.2 Å². The third kappa shape index (κ3) is 50.9. The van der Waals surface area contributed by atoms with Crippen LogP contribution in [-0.4, -0.2) is 37.2 Å². The summed E-state index contributed by atoms with van der Waals surface area (Å²) in [6, 6.07) is 0. The zero-order valence-electron chi connectivity index (χ0n) is 43.1. The Morgan fingerprint density at radius 2 is 0.562 bits per heavy atom. The second kappa shape index (κ2) is 53.5. The highest BCUT2D eigenvalue weighted by molar-refractivity contribution is 5.71. The molecule has 0 aromatic rings. The number of esters is 3. The Morgan fingerprint density at radius 1 is 0.312 bits per heavy atom. The molecule has 64 heavy (non-hydrogen) atoms. The van der Waals surface area contributed by atoms with Gasteiger partial charge in [-0.2, -0.15) is 0 Å². The molecule has 0 spiro atoms. The van der Waals surface area contributed by atoms with Gasteiger partial charge in [-0.05, 0) is 51.4 Å². The lowest BCUT2D eigenvalue weighted by Gasteiger charge is -2.18. The molecule has 1 atom stereocenters. The van der Waals surface area contributed by atoms with Gasteiger partial charge < -0.3 is 14.2 Å². The van der Waals surface area contributed by atoms with Crippen molar-refractivity contribution < 1.29 is 28.6 Å². The van der Waals surface area contributed by atoms with E-state index in [1.165, 1.54) is 205 Å². The van der Waals surface area contributed by atoms with E-state index in [1.807, 2.05) is 0 Å². The van der Waals surface area contributed by atoms with Crippen molar-refractivity contribution in [1.29, 1.82) is 0 Å². The summed E-state index contributed by atoms with van der Waals surface area (Å²) < 4.78 is 16.8. The maximum absolute atomic E-state index is 12.8. The smallest absolute Gasteiger partial charge is 0.306 e. The molecule has 0 bridgehead atoms. The molecule has 0 aromatic heterocycles. The molecule has 0 heterocycles. The van der Waals surface area contributed by atoms with Crippen LogP contribution in [0.5, 0.6) is 0 Å². The predicted octanol–water partition coefficient (Wildman–Crippen LogP) is 18.7. The van der Waals surface area contributed by atoms with Gasteiger partial charge >= 0.3 is 17.9 Å². The van der Waals surface area contributed by atoms with Gasteiger partial charge in [-0.15, -0.1) is 0 Å². The van der Waals surface area contributed by atoms with E-state index in [0.29, 0.717) is 19.3 Å². The van der Waals surface area contributed by atoms with Gasteiger partial charge in [0.05, 0.1) is 0 Å². The first-order valence-corrected chi connectivity index (χ1v) is 28.3. The summed E-state index contributed by atoms with van der Waals surface area (Å²) in [5.41, 5.74) is 0. The number of hydrogen-bond acceptors (Lipinski definition) is 6. The molecule has 6 heteroatoms. The van der Waals surface area contributed by atoms with Gasteiger partial charge in [0.15, 0.2) is 6.10 Å². The summed E-state index contributed by atoms with van der Waals surface area (Å²) in [4.78, 5) is 38.0. The number of allylic oxidation sites excluding steroid dienone is 4. The van der Waals surface area contributed by atoms with Crippen molar-refractivity contribution in [1.82, 2.24) is 0 Å². The average Bonchev–Trinajstić information content (AvgIpc) is 3.29. The number of unbranched alkanes of at least 4 members (excludes halogenated alkanes) is 37. The Bertz CT molecular complexity index is 1040. The van der Waals surface area contributed by atoms with E-state index < -0.39 is 6.10 Å². The summed E-state index contributed by atoms with van der Waals surface area (Å²) >= 11 is 0. The van der Waals surface area contributed by atoms with Gasteiger partial charge in [0, 0.05) is 19.3 Å². The summed E-state index contributed by atoms with van der Waals surface area (Å²) in [5, 5.41) is 0. The molecule has 0 fully saturated rings. The summed E-state index contributed by atoms with van der Waals surface area (Å²) in [5.74, 6) is -0.858. The molecule has 0 aliphatic carbocycles. The highest BCUT2D eigenvalue weighted by Crippen LogP contribution is 2.17. The third-order valence-corrected chi connectivity index (χ3v) is 12.7. The largest absolute Gasteiger partial charge is 0.462 e. The SMILES string of the molecule is CCCCC/C=C\C/C=C\CCCCCCCCCCCC(=O)OCC(COC(=O)CCCCCCCCCC)OC(=O)CCCCCCCCCCCCCCCCCCCCC. The molecule has 1 unspecified atom stereocenters. The van der Waals surface area contributed by atoms with Gasteiger partial charge in [-0.25, -0.2) is 0 Å². The van der Waals surface area contributed by atoms with Crippen molar-refractivity contribution in [3.8, 4) is 0 Å². The van der Waals surface area contributed by atoms with Crippen LogP contribution in [-0.2, 0) is 28.6 Å². The second-order valence-corrected chi connectivity index (χ2v) is 19.2. The fourth-order valence-electron chi connectivity index (χ4n) is 8.42. The second-order valence-electron chi connectivity index (χ2n) is 19.2. The van der Waals surface area contributed by atoms with Crippen molar-refractivity contribution in [2.45, 2.75) is 316 Å². The molecule has 376 valence electrons. The Morgan fingerprint density at radius 3 is 0.891 bits per heavy atom. The molecule has 0 amide bonds. The van der Waals surface area contributed by atoms with E-state index in [4.69, 9.17) is 14.2 Å². The lowest BCUT2D eigenvalue weighted by Crippen LogP contribution is -2.30. The van der Waals surface area contributed by atoms with Gasteiger partial charge in [-0.3, -0.25) is 14.4 Å². The van der Waals surface area contributed by atoms with Gasteiger partial charge in [0.25, 0.3) is 0 Å².